The fraction of sp³-hybridized carbons (Fsp3) is 0.294. The van der Waals surface area contributed by atoms with Crippen LogP contribution in [-0.2, 0) is 11.3 Å². The fourth-order valence-corrected chi connectivity index (χ4v) is 3.01. The number of rotatable bonds is 4. The Kier molecular flexibility index (Phi) is 5.56. The maximum Gasteiger partial charge on any atom is 0.255 e. The van der Waals surface area contributed by atoms with Gasteiger partial charge in [0.25, 0.3) is 5.91 Å². The molecule has 1 N–H and O–H groups in total. The third-order valence-electron chi connectivity index (χ3n) is 3.80. The monoisotopic (exact) mass is 365 g/mol. The lowest BCUT2D eigenvalue weighted by Crippen LogP contribution is -2.38. The van der Waals surface area contributed by atoms with E-state index in [4.69, 9.17) is 27.9 Å². The number of amides is 1. The average molecular weight is 366 g/mol. The number of hydrogen-bond acceptors (Lipinski definition) is 4. The fourth-order valence-electron chi connectivity index (χ4n) is 2.54. The molecule has 7 heteroatoms. The van der Waals surface area contributed by atoms with Crippen molar-refractivity contribution in [3.05, 3.63) is 57.7 Å². The summed E-state index contributed by atoms with van der Waals surface area (Å²) in [4.78, 5) is 19.0. The predicted molar refractivity (Wildman–Crippen MR) is 94.9 cm³/mol. The number of ether oxygens (including phenoxy) is 1. The van der Waals surface area contributed by atoms with E-state index in [2.05, 4.69) is 15.2 Å². The van der Waals surface area contributed by atoms with Crippen LogP contribution in [0.2, 0.25) is 10.0 Å². The van der Waals surface area contributed by atoms with Crippen LogP contribution < -0.4 is 10.2 Å². The number of morpholine rings is 1. The minimum Gasteiger partial charge on any atom is -0.378 e. The molecule has 0 radical (unpaired) electrons. The molecule has 5 nitrogen and oxygen atoms in total. The van der Waals surface area contributed by atoms with Crippen molar-refractivity contribution in [1.29, 1.82) is 0 Å². The molecule has 0 unspecified atom stereocenters. The highest BCUT2D eigenvalue weighted by molar-refractivity contribution is 6.35. The second kappa shape index (κ2) is 7.83. The quantitative estimate of drug-likeness (QED) is 0.903. The molecule has 0 atom stereocenters. The summed E-state index contributed by atoms with van der Waals surface area (Å²) < 4.78 is 5.35. The lowest BCUT2D eigenvalue weighted by molar-refractivity contribution is 0.0949. The van der Waals surface area contributed by atoms with Gasteiger partial charge in [-0.25, -0.2) is 4.98 Å². The first kappa shape index (κ1) is 17.0. The normalized spacial score (nSPS) is 14.5. The second-order valence-electron chi connectivity index (χ2n) is 5.39. The van der Waals surface area contributed by atoms with E-state index >= 15 is 0 Å². The molecule has 0 spiro atoms. The minimum atomic E-state index is -0.185. The number of nitrogens with one attached hydrogen (secondary N) is 1. The molecule has 2 heterocycles. The first-order valence-electron chi connectivity index (χ1n) is 7.65. The zero-order chi connectivity index (χ0) is 16.9. The Morgan fingerprint density at radius 3 is 2.79 bits per heavy atom. The lowest BCUT2D eigenvalue weighted by atomic mass is 10.2. The van der Waals surface area contributed by atoms with Gasteiger partial charge in [0, 0.05) is 35.9 Å². The van der Waals surface area contributed by atoms with Crippen LogP contribution in [0.1, 0.15) is 15.9 Å². The smallest absolute Gasteiger partial charge is 0.255 e. The van der Waals surface area contributed by atoms with Crippen molar-refractivity contribution in [2.45, 2.75) is 6.54 Å². The summed E-state index contributed by atoms with van der Waals surface area (Å²) in [5.74, 6) is 0.496. The largest absolute Gasteiger partial charge is 0.378 e. The molecule has 2 aromatic rings. The number of halogens is 2. The van der Waals surface area contributed by atoms with Crippen LogP contribution in [0, 0.1) is 0 Å². The first-order chi connectivity index (χ1) is 11.6. The maximum absolute atomic E-state index is 12.6. The molecule has 0 saturated carbocycles. The van der Waals surface area contributed by atoms with E-state index in [1.165, 1.54) is 0 Å². The van der Waals surface area contributed by atoms with Crippen molar-refractivity contribution in [2.75, 3.05) is 31.2 Å². The third-order valence-corrected chi connectivity index (χ3v) is 4.38. The highest BCUT2D eigenvalue weighted by Crippen LogP contribution is 2.22. The number of carbonyl (C=O) groups is 1. The third kappa shape index (κ3) is 3.98. The van der Waals surface area contributed by atoms with Crippen LogP contribution in [0.3, 0.4) is 0 Å². The first-order valence-corrected chi connectivity index (χ1v) is 8.40. The van der Waals surface area contributed by atoms with Crippen LogP contribution in [0.25, 0.3) is 0 Å². The van der Waals surface area contributed by atoms with E-state index in [0.29, 0.717) is 41.2 Å². The summed E-state index contributed by atoms with van der Waals surface area (Å²) in [7, 11) is 0. The summed E-state index contributed by atoms with van der Waals surface area (Å²) in [6.45, 7) is 3.04. The average Bonchev–Trinajstić information content (AvgIpc) is 2.61. The highest BCUT2D eigenvalue weighted by Gasteiger charge is 2.19. The molecule has 1 aromatic heterocycles. The van der Waals surface area contributed by atoms with Gasteiger partial charge in [0.1, 0.15) is 5.82 Å². The summed E-state index contributed by atoms with van der Waals surface area (Å²) in [6.07, 6.45) is 1.69. The van der Waals surface area contributed by atoms with E-state index in [9.17, 15) is 4.79 Å². The van der Waals surface area contributed by atoms with Crippen LogP contribution in [-0.4, -0.2) is 37.2 Å². The van der Waals surface area contributed by atoms with Crippen molar-refractivity contribution >= 4 is 34.9 Å². The van der Waals surface area contributed by atoms with Crippen molar-refractivity contribution in [3.8, 4) is 0 Å². The SMILES string of the molecule is O=C(NCc1ccc(Cl)cc1Cl)c1cccnc1N1CCOCC1. The van der Waals surface area contributed by atoms with Gasteiger partial charge < -0.3 is 15.0 Å². The number of aromatic nitrogens is 1. The second-order valence-corrected chi connectivity index (χ2v) is 6.24. The molecule has 0 aliphatic carbocycles. The van der Waals surface area contributed by atoms with Gasteiger partial charge in [-0.15, -0.1) is 0 Å². The topological polar surface area (TPSA) is 54.5 Å². The molecule has 1 fully saturated rings. The molecule has 3 rings (SSSR count). The summed E-state index contributed by atoms with van der Waals surface area (Å²) in [6, 6.07) is 8.74. The van der Waals surface area contributed by atoms with Crippen molar-refractivity contribution in [3.63, 3.8) is 0 Å². The van der Waals surface area contributed by atoms with Gasteiger partial charge in [-0.05, 0) is 29.8 Å². The summed E-state index contributed by atoms with van der Waals surface area (Å²) in [5.41, 5.74) is 1.36. The standard InChI is InChI=1S/C17H17Cl2N3O2/c18-13-4-3-12(15(19)10-13)11-21-17(23)14-2-1-5-20-16(14)22-6-8-24-9-7-22/h1-5,10H,6-9,11H2,(H,21,23). The Balaban J connectivity index is 1.73. The summed E-state index contributed by atoms with van der Waals surface area (Å²) >= 11 is 12.0. The number of pyridine rings is 1. The summed E-state index contributed by atoms with van der Waals surface area (Å²) in [5, 5.41) is 3.99. The van der Waals surface area contributed by atoms with Gasteiger partial charge in [0.2, 0.25) is 0 Å². The van der Waals surface area contributed by atoms with E-state index in [1.54, 1.807) is 36.5 Å². The number of benzene rings is 1. The molecular formula is C17H17Cl2N3O2. The molecule has 1 saturated heterocycles. The van der Waals surface area contributed by atoms with Crippen molar-refractivity contribution in [2.24, 2.45) is 0 Å². The molecular weight excluding hydrogens is 349 g/mol. The van der Waals surface area contributed by atoms with Gasteiger partial charge >= 0.3 is 0 Å². The van der Waals surface area contributed by atoms with Crippen molar-refractivity contribution in [1.82, 2.24) is 10.3 Å². The molecule has 126 valence electrons. The van der Waals surface area contributed by atoms with Gasteiger partial charge in [0.15, 0.2) is 0 Å². The van der Waals surface area contributed by atoms with Gasteiger partial charge in [-0.3, -0.25) is 4.79 Å². The van der Waals surface area contributed by atoms with Gasteiger partial charge in [0.05, 0.1) is 18.8 Å². The Bertz CT molecular complexity index is 734. The van der Waals surface area contributed by atoms with E-state index in [1.807, 2.05) is 0 Å². The van der Waals surface area contributed by atoms with Crippen LogP contribution in [0.5, 0.6) is 0 Å². The minimum absolute atomic E-state index is 0.185. The predicted octanol–water partition coefficient (Wildman–Crippen LogP) is 3.16. The lowest BCUT2D eigenvalue weighted by Gasteiger charge is -2.29. The molecule has 1 aliphatic rings. The maximum atomic E-state index is 12.6. The van der Waals surface area contributed by atoms with Gasteiger partial charge in [-0.2, -0.15) is 0 Å². The van der Waals surface area contributed by atoms with E-state index in [0.717, 1.165) is 18.7 Å². The highest BCUT2D eigenvalue weighted by atomic mass is 35.5. The Morgan fingerprint density at radius 1 is 1.25 bits per heavy atom. The molecule has 0 bridgehead atoms. The van der Waals surface area contributed by atoms with E-state index < -0.39 is 0 Å². The Morgan fingerprint density at radius 2 is 2.04 bits per heavy atom. The van der Waals surface area contributed by atoms with Gasteiger partial charge in [-0.1, -0.05) is 29.3 Å². The van der Waals surface area contributed by atoms with Crippen LogP contribution >= 0.6 is 23.2 Å². The number of anilines is 1. The molecule has 1 aromatic carbocycles. The molecule has 1 amide bonds. The van der Waals surface area contributed by atoms with Crippen molar-refractivity contribution < 1.29 is 9.53 Å². The van der Waals surface area contributed by atoms with Crippen LogP contribution in [0.4, 0.5) is 5.82 Å². The zero-order valence-corrected chi connectivity index (χ0v) is 14.5. The number of nitrogens with zero attached hydrogens (tertiary/aromatic N) is 2. The van der Waals surface area contributed by atoms with Crippen LogP contribution in [0.15, 0.2) is 36.5 Å². The number of carbonyl (C=O) groups excluding carboxylic acids is 1. The molecule has 24 heavy (non-hydrogen) atoms. The Labute approximate surface area is 150 Å². The van der Waals surface area contributed by atoms with E-state index in [-0.39, 0.29) is 5.91 Å². The zero-order valence-electron chi connectivity index (χ0n) is 13.0. The molecule has 1 aliphatic heterocycles. The Hall–Kier alpha value is -1.82. The number of hydrogen-bond donors (Lipinski definition) is 1.